The predicted octanol–water partition coefficient (Wildman–Crippen LogP) is 4.84. The number of carbonyl (C=O) groups is 2. The summed E-state index contributed by atoms with van der Waals surface area (Å²) in [7, 11) is 0. The van der Waals surface area contributed by atoms with Crippen LogP contribution in [0.4, 0.5) is 10.2 Å². The Morgan fingerprint density at radius 3 is 2.61 bits per heavy atom. The molecule has 2 aliphatic rings. The molecule has 2 aliphatic heterocycles. The third-order valence-corrected chi connectivity index (χ3v) is 6.69. The molecule has 0 spiro atoms. The van der Waals surface area contributed by atoms with Gasteiger partial charge in [0.05, 0.1) is 18.1 Å². The maximum atomic E-state index is 13.1. The lowest BCUT2D eigenvalue weighted by Gasteiger charge is -2.34. The number of allylic oxidation sites excluding steroid dienone is 1. The number of benzene rings is 2. The molecule has 184 valence electrons. The van der Waals surface area contributed by atoms with Gasteiger partial charge in [0.25, 0.3) is 5.91 Å². The Labute approximate surface area is 213 Å². The van der Waals surface area contributed by atoms with E-state index in [1.807, 2.05) is 30.3 Å². The third kappa shape index (κ3) is 5.26. The van der Waals surface area contributed by atoms with E-state index in [0.29, 0.717) is 41.4 Å². The summed E-state index contributed by atoms with van der Waals surface area (Å²) < 4.78 is 19.0. The second kappa shape index (κ2) is 10.1. The molecule has 2 aromatic carbocycles. The quantitative estimate of drug-likeness (QED) is 0.464. The largest absolute Gasteiger partial charge is 0.484 e. The molecule has 2 N–H and O–H groups in total. The Morgan fingerprint density at radius 1 is 1.14 bits per heavy atom. The topological polar surface area (TPSA) is 85.5 Å². The molecule has 1 aromatic heterocycles. The van der Waals surface area contributed by atoms with Crippen molar-refractivity contribution in [2.24, 2.45) is 0 Å². The maximum absolute atomic E-state index is 13.1. The summed E-state index contributed by atoms with van der Waals surface area (Å²) in [5.74, 6) is 0.926. The van der Waals surface area contributed by atoms with Crippen LogP contribution in [-0.4, -0.2) is 46.9 Å². The van der Waals surface area contributed by atoms with Gasteiger partial charge in [-0.1, -0.05) is 29.8 Å². The molecule has 0 saturated carbocycles. The van der Waals surface area contributed by atoms with Crippen molar-refractivity contribution in [1.82, 2.24) is 9.88 Å². The van der Waals surface area contributed by atoms with Gasteiger partial charge in [-0.05, 0) is 65.6 Å². The monoisotopic (exact) mass is 505 g/mol. The minimum atomic E-state index is -0.923. The molecule has 3 aromatic rings. The summed E-state index contributed by atoms with van der Waals surface area (Å²) in [6.07, 6.45) is 5.39. The van der Waals surface area contributed by atoms with Crippen LogP contribution in [0.2, 0.25) is 5.02 Å². The SMILES string of the molecule is Nc1ccc(CCC(=O)/C=C/C2Cc3cc(-c4ccc(C(=O)N5CC(F)C5)cc4)cc(Cl)c3O2)cn1. The van der Waals surface area contributed by atoms with Gasteiger partial charge >= 0.3 is 0 Å². The van der Waals surface area contributed by atoms with Gasteiger partial charge < -0.3 is 15.4 Å². The molecule has 0 radical (unpaired) electrons. The molecule has 0 aliphatic carbocycles. The minimum Gasteiger partial charge on any atom is -0.484 e. The smallest absolute Gasteiger partial charge is 0.254 e. The van der Waals surface area contributed by atoms with Crippen LogP contribution in [0.5, 0.6) is 5.75 Å². The summed E-state index contributed by atoms with van der Waals surface area (Å²) in [5, 5.41) is 0.496. The van der Waals surface area contributed by atoms with Gasteiger partial charge in [0.2, 0.25) is 0 Å². The molecule has 1 atom stereocenters. The molecule has 0 bridgehead atoms. The van der Waals surface area contributed by atoms with Crippen molar-refractivity contribution in [2.75, 3.05) is 18.8 Å². The molecule has 1 fully saturated rings. The fourth-order valence-electron chi connectivity index (χ4n) is 4.35. The number of nitrogens with two attached hydrogens (primary N) is 1. The predicted molar refractivity (Wildman–Crippen MR) is 137 cm³/mol. The zero-order chi connectivity index (χ0) is 25.2. The van der Waals surface area contributed by atoms with Gasteiger partial charge in [0.15, 0.2) is 5.78 Å². The summed E-state index contributed by atoms with van der Waals surface area (Å²) in [4.78, 5) is 30.2. The molecule has 5 rings (SSSR count). The standard InChI is InChI=1S/C28H25ClFN3O3/c29-25-13-20(18-3-5-19(6-4-18)28(35)33-15-22(30)16-33)11-21-12-24(36-27(21)25)9-8-23(34)7-1-17-2-10-26(31)32-14-17/h2-6,8-11,13-14,22,24H,1,7,12,15-16H2,(H2,31,32)/b9-8+. The normalized spacial score (nSPS) is 17.1. The number of ether oxygens (including phenoxy) is 1. The van der Waals surface area contributed by atoms with Crippen LogP contribution in [0.1, 0.15) is 27.9 Å². The van der Waals surface area contributed by atoms with Crippen LogP contribution in [0.15, 0.2) is 66.9 Å². The fraction of sp³-hybridized carbons (Fsp3) is 0.250. The van der Waals surface area contributed by atoms with Gasteiger partial charge in [0, 0.05) is 30.2 Å². The number of pyridine rings is 1. The Hall–Kier alpha value is -3.71. The van der Waals surface area contributed by atoms with E-state index in [9.17, 15) is 14.0 Å². The highest BCUT2D eigenvalue weighted by Gasteiger charge is 2.31. The Bertz CT molecular complexity index is 1320. The molecule has 8 heteroatoms. The van der Waals surface area contributed by atoms with Crippen molar-refractivity contribution in [3.63, 3.8) is 0 Å². The van der Waals surface area contributed by atoms with Crippen molar-refractivity contribution in [2.45, 2.75) is 31.5 Å². The molecule has 1 saturated heterocycles. The van der Waals surface area contributed by atoms with Crippen LogP contribution < -0.4 is 10.5 Å². The number of likely N-dealkylation sites (tertiary alicyclic amines) is 1. The van der Waals surface area contributed by atoms with E-state index >= 15 is 0 Å². The van der Waals surface area contributed by atoms with Crippen LogP contribution in [0.3, 0.4) is 0 Å². The number of aryl methyl sites for hydroxylation is 1. The van der Waals surface area contributed by atoms with Gasteiger partial charge in [0.1, 0.15) is 23.8 Å². The van der Waals surface area contributed by atoms with E-state index in [0.717, 1.165) is 22.3 Å². The first-order valence-electron chi connectivity index (χ1n) is 11.8. The fourth-order valence-corrected chi connectivity index (χ4v) is 4.63. The second-order valence-electron chi connectivity index (χ2n) is 9.11. The number of fused-ring (bicyclic) bond motifs is 1. The lowest BCUT2D eigenvalue weighted by molar-refractivity contribution is -0.114. The molecular weight excluding hydrogens is 481 g/mol. The van der Waals surface area contributed by atoms with Gasteiger partial charge in [-0.2, -0.15) is 0 Å². The van der Waals surface area contributed by atoms with Crippen molar-refractivity contribution >= 4 is 29.1 Å². The van der Waals surface area contributed by atoms with Gasteiger partial charge in [-0.3, -0.25) is 9.59 Å². The number of rotatable bonds is 7. The number of hydrogen-bond acceptors (Lipinski definition) is 5. The van der Waals surface area contributed by atoms with E-state index in [2.05, 4.69) is 4.98 Å². The summed E-state index contributed by atoms with van der Waals surface area (Å²) in [5.41, 5.74) is 9.86. The minimum absolute atomic E-state index is 0.00747. The van der Waals surface area contributed by atoms with Crippen LogP contribution in [0.25, 0.3) is 11.1 Å². The lowest BCUT2D eigenvalue weighted by atomic mass is 9.99. The van der Waals surface area contributed by atoms with Crippen LogP contribution in [-0.2, 0) is 17.6 Å². The summed E-state index contributed by atoms with van der Waals surface area (Å²) >= 11 is 6.52. The highest BCUT2D eigenvalue weighted by Crippen LogP contribution is 2.40. The van der Waals surface area contributed by atoms with Gasteiger partial charge in [-0.15, -0.1) is 0 Å². The number of hydrogen-bond donors (Lipinski definition) is 1. The number of ketones is 1. The zero-order valence-electron chi connectivity index (χ0n) is 19.5. The summed E-state index contributed by atoms with van der Waals surface area (Å²) in [6.45, 7) is 0.310. The maximum Gasteiger partial charge on any atom is 0.254 e. The number of halogens is 2. The van der Waals surface area contributed by atoms with Crippen molar-refractivity contribution in [3.8, 4) is 16.9 Å². The average molecular weight is 506 g/mol. The molecule has 6 nitrogen and oxygen atoms in total. The first kappa shape index (κ1) is 24.0. The third-order valence-electron chi connectivity index (χ3n) is 6.40. The lowest BCUT2D eigenvalue weighted by Crippen LogP contribution is -2.51. The average Bonchev–Trinajstić information content (AvgIpc) is 3.29. The zero-order valence-corrected chi connectivity index (χ0v) is 20.2. The van der Waals surface area contributed by atoms with E-state index in [1.54, 1.807) is 36.5 Å². The molecule has 1 unspecified atom stereocenters. The number of alkyl halides is 1. The van der Waals surface area contributed by atoms with E-state index in [1.165, 1.54) is 4.90 Å². The number of anilines is 1. The first-order chi connectivity index (χ1) is 17.4. The highest BCUT2D eigenvalue weighted by molar-refractivity contribution is 6.32. The first-order valence-corrected chi connectivity index (χ1v) is 12.2. The number of carbonyl (C=O) groups excluding carboxylic acids is 2. The van der Waals surface area contributed by atoms with E-state index in [4.69, 9.17) is 22.1 Å². The molecule has 3 heterocycles. The number of nitrogens with zero attached hydrogens (tertiary/aromatic N) is 2. The van der Waals surface area contributed by atoms with Crippen molar-refractivity contribution < 1.29 is 18.7 Å². The number of aromatic nitrogens is 1. The van der Waals surface area contributed by atoms with Crippen molar-refractivity contribution in [3.05, 3.63) is 88.6 Å². The highest BCUT2D eigenvalue weighted by atomic mass is 35.5. The number of amides is 1. The molecule has 36 heavy (non-hydrogen) atoms. The van der Waals surface area contributed by atoms with E-state index < -0.39 is 6.17 Å². The second-order valence-corrected chi connectivity index (χ2v) is 9.52. The molecular formula is C28H25ClFN3O3. The Kier molecular flexibility index (Phi) is 6.74. The Balaban J connectivity index is 1.20. The summed E-state index contributed by atoms with van der Waals surface area (Å²) in [6, 6.07) is 14.7. The van der Waals surface area contributed by atoms with Crippen molar-refractivity contribution in [1.29, 1.82) is 0 Å². The molecule has 1 amide bonds. The van der Waals surface area contributed by atoms with Gasteiger partial charge in [-0.25, -0.2) is 9.37 Å². The van der Waals surface area contributed by atoms with Crippen LogP contribution >= 0.6 is 11.6 Å². The van der Waals surface area contributed by atoms with E-state index in [-0.39, 0.29) is 30.9 Å². The Morgan fingerprint density at radius 2 is 1.92 bits per heavy atom. The van der Waals surface area contributed by atoms with Crippen LogP contribution in [0, 0.1) is 0 Å². The number of nitrogen functional groups attached to an aromatic ring is 1.